The number of rotatable bonds is 3. The van der Waals surface area contributed by atoms with Crippen LogP contribution >= 0.6 is 11.3 Å². The third-order valence-corrected chi connectivity index (χ3v) is 3.66. The fraction of sp³-hybridized carbons (Fsp3) is 0.778. The summed E-state index contributed by atoms with van der Waals surface area (Å²) < 4.78 is 5.62. The summed E-state index contributed by atoms with van der Waals surface area (Å²) in [5, 5.41) is 10.2. The van der Waals surface area contributed by atoms with E-state index in [1.165, 1.54) is 0 Å². The van der Waals surface area contributed by atoms with Crippen LogP contribution in [-0.2, 0) is 11.3 Å². The van der Waals surface area contributed by atoms with Crippen LogP contribution in [0.4, 0.5) is 0 Å². The number of ether oxygens (including phenoxy) is 1. The molecule has 0 radical (unpaired) electrons. The summed E-state index contributed by atoms with van der Waals surface area (Å²) in [6.45, 7) is 3.48. The lowest BCUT2D eigenvalue weighted by Crippen LogP contribution is -2.12. The van der Waals surface area contributed by atoms with E-state index >= 15 is 0 Å². The summed E-state index contributed by atoms with van der Waals surface area (Å²) in [7, 11) is 0. The molecule has 5 heteroatoms. The van der Waals surface area contributed by atoms with Crippen molar-refractivity contribution in [2.75, 3.05) is 6.61 Å². The number of aromatic nitrogens is 2. The standard InChI is InChI=1S/C9H15N3OS/c1-2-7-6(3-4-13-7)9-12-11-8(5-10)14-9/h6-7H,2-5,10H2,1H3. The SMILES string of the molecule is CCC1OCCC1c1nnc(CN)s1. The molecule has 0 amide bonds. The van der Waals surface area contributed by atoms with Crippen molar-refractivity contribution in [2.45, 2.75) is 38.3 Å². The smallest absolute Gasteiger partial charge is 0.131 e. The first kappa shape index (κ1) is 10.0. The Balaban J connectivity index is 2.13. The highest BCUT2D eigenvalue weighted by Gasteiger charge is 2.30. The Labute approximate surface area is 87.5 Å². The second-order valence-electron chi connectivity index (χ2n) is 3.45. The van der Waals surface area contributed by atoms with Crippen molar-refractivity contribution in [3.8, 4) is 0 Å². The molecule has 4 nitrogen and oxygen atoms in total. The monoisotopic (exact) mass is 213 g/mol. The molecule has 2 unspecified atom stereocenters. The van der Waals surface area contributed by atoms with Gasteiger partial charge in [-0.05, 0) is 12.8 Å². The Morgan fingerprint density at radius 2 is 2.43 bits per heavy atom. The zero-order valence-electron chi connectivity index (χ0n) is 8.27. The molecule has 78 valence electrons. The minimum atomic E-state index is 0.327. The Morgan fingerprint density at radius 1 is 1.57 bits per heavy atom. The third-order valence-electron chi connectivity index (χ3n) is 2.59. The number of nitrogens with two attached hydrogens (primary N) is 1. The van der Waals surface area contributed by atoms with Gasteiger partial charge < -0.3 is 10.5 Å². The van der Waals surface area contributed by atoms with Gasteiger partial charge in [0.1, 0.15) is 10.0 Å². The summed E-state index contributed by atoms with van der Waals surface area (Å²) in [6.07, 6.45) is 2.44. The minimum Gasteiger partial charge on any atom is -0.377 e. The van der Waals surface area contributed by atoms with Gasteiger partial charge in [-0.15, -0.1) is 10.2 Å². The first-order valence-corrected chi connectivity index (χ1v) is 5.80. The van der Waals surface area contributed by atoms with Gasteiger partial charge in [0.2, 0.25) is 0 Å². The first-order chi connectivity index (χ1) is 6.85. The van der Waals surface area contributed by atoms with Crippen LogP contribution in [0.3, 0.4) is 0 Å². The highest BCUT2D eigenvalue weighted by molar-refractivity contribution is 7.11. The predicted octanol–water partition coefficient (Wildman–Crippen LogP) is 1.28. The van der Waals surface area contributed by atoms with E-state index < -0.39 is 0 Å². The van der Waals surface area contributed by atoms with E-state index in [0.717, 1.165) is 29.5 Å². The molecule has 0 saturated carbocycles. The molecule has 2 atom stereocenters. The van der Waals surface area contributed by atoms with Crippen LogP contribution in [-0.4, -0.2) is 22.9 Å². The van der Waals surface area contributed by atoms with Crippen molar-refractivity contribution >= 4 is 11.3 Å². The van der Waals surface area contributed by atoms with E-state index in [1.54, 1.807) is 11.3 Å². The van der Waals surface area contributed by atoms with Crippen LogP contribution in [0, 0.1) is 0 Å². The molecule has 1 aromatic heterocycles. The fourth-order valence-corrected chi connectivity index (χ4v) is 2.74. The summed E-state index contributed by atoms with van der Waals surface area (Å²) in [5.74, 6) is 0.442. The summed E-state index contributed by atoms with van der Waals surface area (Å²) in [6, 6.07) is 0. The Morgan fingerprint density at radius 3 is 3.07 bits per heavy atom. The van der Waals surface area contributed by atoms with Crippen molar-refractivity contribution in [3.63, 3.8) is 0 Å². The van der Waals surface area contributed by atoms with Crippen LogP contribution in [0.15, 0.2) is 0 Å². The van der Waals surface area contributed by atoms with Gasteiger partial charge in [0.25, 0.3) is 0 Å². The number of hydrogen-bond acceptors (Lipinski definition) is 5. The van der Waals surface area contributed by atoms with Gasteiger partial charge in [-0.25, -0.2) is 0 Å². The molecule has 1 saturated heterocycles. The second kappa shape index (κ2) is 4.33. The van der Waals surface area contributed by atoms with E-state index in [1.807, 2.05) is 0 Å². The molecule has 1 aromatic rings. The molecule has 1 fully saturated rings. The van der Waals surface area contributed by atoms with Crippen LogP contribution in [0.25, 0.3) is 0 Å². The largest absolute Gasteiger partial charge is 0.377 e. The van der Waals surface area contributed by atoms with Crippen LogP contribution in [0.1, 0.15) is 35.7 Å². The van der Waals surface area contributed by atoms with Crippen molar-refractivity contribution < 1.29 is 4.74 Å². The van der Waals surface area contributed by atoms with Crippen LogP contribution in [0.5, 0.6) is 0 Å². The molecule has 0 bridgehead atoms. The predicted molar refractivity (Wildman–Crippen MR) is 55.2 cm³/mol. The molecule has 0 aromatic carbocycles. The Hall–Kier alpha value is -0.520. The first-order valence-electron chi connectivity index (χ1n) is 4.99. The highest BCUT2D eigenvalue weighted by Crippen LogP contribution is 2.34. The molecule has 2 rings (SSSR count). The maximum atomic E-state index is 5.62. The Kier molecular flexibility index (Phi) is 3.10. The quantitative estimate of drug-likeness (QED) is 0.821. The van der Waals surface area contributed by atoms with Gasteiger partial charge in [-0.3, -0.25) is 0 Å². The van der Waals surface area contributed by atoms with Gasteiger partial charge in [0.15, 0.2) is 0 Å². The minimum absolute atomic E-state index is 0.327. The molecule has 2 heterocycles. The summed E-state index contributed by atoms with van der Waals surface area (Å²) in [4.78, 5) is 0. The third kappa shape index (κ3) is 1.80. The zero-order valence-corrected chi connectivity index (χ0v) is 9.09. The molecule has 0 spiro atoms. The van der Waals surface area contributed by atoms with Crippen molar-refractivity contribution in [1.82, 2.24) is 10.2 Å². The topological polar surface area (TPSA) is 61.0 Å². The van der Waals surface area contributed by atoms with Crippen molar-refractivity contribution in [1.29, 1.82) is 0 Å². The second-order valence-corrected chi connectivity index (χ2v) is 4.54. The van der Waals surface area contributed by atoms with E-state index in [2.05, 4.69) is 17.1 Å². The van der Waals surface area contributed by atoms with Gasteiger partial charge in [-0.1, -0.05) is 18.3 Å². The van der Waals surface area contributed by atoms with Gasteiger partial charge in [0.05, 0.1) is 6.10 Å². The number of nitrogens with zero attached hydrogens (tertiary/aromatic N) is 2. The van der Waals surface area contributed by atoms with Gasteiger partial charge in [-0.2, -0.15) is 0 Å². The maximum absolute atomic E-state index is 5.62. The average Bonchev–Trinajstić information content (AvgIpc) is 2.85. The normalized spacial score (nSPS) is 27.0. The van der Waals surface area contributed by atoms with Gasteiger partial charge in [0, 0.05) is 19.1 Å². The number of hydrogen-bond donors (Lipinski definition) is 1. The molecular weight excluding hydrogens is 198 g/mol. The van der Waals surface area contributed by atoms with E-state index in [4.69, 9.17) is 10.5 Å². The highest BCUT2D eigenvalue weighted by atomic mass is 32.1. The molecule has 1 aliphatic heterocycles. The van der Waals surface area contributed by atoms with Crippen molar-refractivity contribution in [2.24, 2.45) is 5.73 Å². The molecule has 2 N–H and O–H groups in total. The Bertz CT molecular complexity index is 302. The average molecular weight is 213 g/mol. The van der Waals surface area contributed by atoms with E-state index in [-0.39, 0.29) is 0 Å². The van der Waals surface area contributed by atoms with Crippen LogP contribution < -0.4 is 5.73 Å². The fourth-order valence-electron chi connectivity index (χ4n) is 1.83. The zero-order chi connectivity index (χ0) is 9.97. The molecular formula is C9H15N3OS. The lowest BCUT2D eigenvalue weighted by atomic mass is 10.0. The van der Waals surface area contributed by atoms with E-state index in [9.17, 15) is 0 Å². The van der Waals surface area contributed by atoms with Crippen molar-refractivity contribution in [3.05, 3.63) is 10.0 Å². The van der Waals surface area contributed by atoms with E-state index in [0.29, 0.717) is 18.6 Å². The molecule has 1 aliphatic rings. The maximum Gasteiger partial charge on any atom is 0.131 e. The van der Waals surface area contributed by atoms with Gasteiger partial charge >= 0.3 is 0 Å². The lowest BCUT2D eigenvalue weighted by Gasteiger charge is -2.12. The van der Waals surface area contributed by atoms with Crippen LogP contribution in [0.2, 0.25) is 0 Å². The molecule has 0 aliphatic carbocycles. The summed E-state index contributed by atoms with van der Waals surface area (Å²) >= 11 is 1.62. The molecule has 14 heavy (non-hydrogen) atoms. The lowest BCUT2D eigenvalue weighted by molar-refractivity contribution is 0.100. The summed E-state index contributed by atoms with van der Waals surface area (Å²) in [5.41, 5.74) is 5.51.